The number of carbonyl (C=O) groups excluding carboxylic acids is 2. The third-order valence-electron chi connectivity index (χ3n) is 4.64. The summed E-state index contributed by atoms with van der Waals surface area (Å²) in [7, 11) is -3.92. The summed E-state index contributed by atoms with van der Waals surface area (Å²) in [6.45, 7) is 3.22. The van der Waals surface area contributed by atoms with Crippen LogP contribution in [0.25, 0.3) is 0 Å². The van der Waals surface area contributed by atoms with Gasteiger partial charge in [0, 0.05) is 24.7 Å². The van der Waals surface area contributed by atoms with E-state index in [0.29, 0.717) is 12.1 Å². The molecule has 2 amide bonds. The van der Waals surface area contributed by atoms with E-state index in [0.717, 1.165) is 0 Å². The van der Waals surface area contributed by atoms with Crippen molar-refractivity contribution in [3.63, 3.8) is 0 Å². The Balaban J connectivity index is 2.23. The van der Waals surface area contributed by atoms with Gasteiger partial charge in [0.25, 0.3) is 0 Å². The standard InChI is InChI=1S/C17H23N3O6S/c1-3-11(2)19(10-16(22)23)17(24)12-7-15(21)20(9-12)13-5-4-6-14(8-13)27(18,25)26/h4-6,8,11-12H,3,7,9-10H2,1-2H3,(H,22,23)(H2,18,25,26). The number of hydrogen-bond acceptors (Lipinski definition) is 5. The maximum atomic E-state index is 12.8. The summed E-state index contributed by atoms with van der Waals surface area (Å²) in [6, 6.07) is 5.35. The molecule has 1 aliphatic heterocycles. The molecule has 0 spiro atoms. The second-order valence-electron chi connectivity index (χ2n) is 6.56. The smallest absolute Gasteiger partial charge is 0.323 e. The molecule has 1 heterocycles. The first-order valence-corrected chi connectivity index (χ1v) is 10.0. The molecule has 9 nitrogen and oxygen atoms in total. The number of amides is 2. The van der Waals surface area contributed by atoms with E-state index in [2.05, 4.69) is 0 Å². The lowest BCUT2D eigenvalue weighted by Gasteiger charge is -2.29. The summed E-state index contributed by atoms with van der Waals surface area (Å²) in [5, 5.41) is 14.2. The topological polar surface area (TPSA) is 138 Å². The van der Waals surface area contributed by atoms with E-state index in [9.17, 15) is 22.8 Å². The van der Waals surface area contributed by atoms with Crippen molar-refractivity contribution in [2.75, 3.05) is 18.0 Å². The number of carboxylic acids is 1. The maximum Gasteiger partial charge on any atom is 0.323 e. The highest BCUT2D eigenvalue weighted by Gasteiger charge is 2.38. The Labute approximate surface area is 157 Å². The van der Waals surface area contributed by atoms with Gasteiger partial charge in [-0.2, -0.15) is 0 Å². The molecule has 0 aromatic heterocycles. The average molecular weight is 397 g/mol. The molecule has 27 heavy (non-hydrogen) atoms. The minimum Gasteiger partial charge on any atom is -0.480 e. The van der Waals surface area contributed by atoms with Crippen LogP contribution in [0.2, 0.25) is 0 Å². The zero-order valence-corrected chi connectivity index (χ0v) is 16.0. The predicted octanol–water partition coefficient (Wildman–Crippen LogP) is 0.399. The quantitative estimate of drug-likeness (QED) is 0.683. The van der Waals surface area contributed by atoms with E-state index < -0.39 is 34.4 Å². The van der Waals surface area contributed by atoms with Crippen LogP contribution in [0.15, 0.2) is 29.2 Å². The molecular weight excluding hydrogens is 374 g/mol. The van der Waals surface area contributed by atoms with Gasteiger partial charge in [-0.25, -0.2) is 13.6 Å². The molecule has 1 fully saturated rings. The van der Waals surface area contributed by atoms with Crippen LogP contribution in [-0.2, 0) is 24.4 Å². The fraction of sp³-hybridized carbons (Fsp3) is 0.471. The fourth-order valence-electron chi connectivity index (χ4n) is 3.00. The van der Waals surface area contributed by atoms with Crippen molar-refractivity contribution in [2.45, 2.75) is 37.6 Å². The minimum absolute atomic E-state index is 0.0539. The zero-order valence-electron chi connectivity index (χ0n) is 15.2. The number of carboxylic acid groups (broad SMARTS) is 1. The third kappa shape index (κ3) is 4.83. The predicted molar refractivity (Wildman–Crippen MR) is 97.4 cm³/mol. The van der Waals surface area contributed by atoms with Crippen molar-refractivity contribution in [3.05, 3.63) is 24.3 Å². The van der Waals surface area contributed by atoms with Crippen LogP contribution in [0.4, 0.5) is 5.69 Å². The number of rotatable bonds is 7. The van der Waals surface area contributed by atoms with E-state index in [4.69, 9.17) is 10.2 Å². The van der Waals surface area contributed by atoms with Crippen molar-refractivity contribution in [2.24, 2.45) is 11.1 Å². The van der Waals surface area contributed by atoms with Crippen LogP contribution in [0.5, 0.6) is 0 Å². The van der Waals surface area contributed by atoms with Crippen LogP contribution in [0, 0.1) is 5.92 Å². The third-order valence-corrected chi connectivity index (χ3v) is 5.55. The Morgan fingerprint density at radius 2 is 2.07 bits per heavy atom. The molecule has 1 aliphatic rings. The second-order valence-corrected chi connectivity index (χ2v) is 8.13. The van der Waals surface area contributed by atoms with Crippen molar-refractivity contribution in [3.8, 4) is 0 Å². The first-order valence-electron chi connectivity index (χ1n) is 8.50. The minimum atomic E-state index is -3.92. The normalized spacial score (nSPS) is 18.4. The number of sulfonamides is 1. The number of nitrogens with zero attached hydrogens (tertiary/aromatic N) is 2. The number of hydrogen-bond donors (Lipinski definition) is 2. The first-order chi connectivity index (χ1) is 12.5. The maximum absolute atomic E-state index is 12.8. The highest BCUT2D eigenvalue weighted by Crippen LogP contribution is 2.28. The summed E-state index contributed by atoms with van der Waals surface area (Å²) in [4.78, 5) is 38.7. The molecule has 2 rings (SSSR count). The SMILES string of the molecule is CCC(C)N(CC(=O)O)C(=O)C1CC(=O)N(c2cccc(S(N)(=O)=O)c2)C1. The van der Waals surface area contributed by atoms with Crippen LogP contribution < -0.4 is 10.0 Å². The molecule has 10 heteroatoms. The number of aliphatic carboxylic acids is 1. The van der Waals surface area contributed by atoms with Gasteiger partial charge >= 0.3 is 5.97 Å². The highest BCUT2D eigenvalue weighted by molar-refractivity contribution is 7.89. The lowest BCUT2D eigenvalue weighted by molar-refractivity contribution is -0.148. The molecule has 2 atom stereocenters. The summed E-state index contributed by atoms with van der Waals surface area (Å²) in [5.74, 6) is -2.54. The summed E-state index contributed by atoms with van der Waals surface area (Å²) >= 11 is 0. The largest absolute Gasteiger partial charge is 0.480 e. The number of benzene rings is 1. The molecule has 3 N–H and O–H groups in total. The number of anilines is 1. The van der Waals surface area contributed by atoms with Crippen LogP contribution in [-0.4, -0.2) is 55.3 Å². The van der Waals surface area contributed by atoms with Gasteiger partial charge in [-0.1, -0.05) is 13.0 Å². The average Bonchev–Trinajstić information content (AvgIpc) is 2.99. The molecule has 0 radical (unpaired) electrons. The van der Waals surface area contributed by atoms with Gasteiger partial charge in [-0.15, -0.1) is 0 Å². The van der Waals surface area contributed by atoms with Gasteiger partial charge in [0.1, 0.15) is 6.54 Å². The van der Waals surface area contributed by atoms with Crippen molar-refractivity contribution in [1.82, 2.24) is 4.90 Å². The molecule has 148 valence electrons. The molecule has 1 aromatic carbocycles. The summed E-state index contributed by atoms with van der Waals surface area (Å²) in [5.41, 5.74) is 0.329. The van der Waals surface area contributed by atoms with Crippen LogP contribution >= 0.6 is 0 Å². The number of carbonyl (C=O) groups is 3. The molecule has 0 bridgehead atoms. The van der Waals surface area contributed by atoms with Crippen molar-refractivity contribution < 1.29 is 27.9 Å². The lowest BCUT2D eigenvalue weighted by atomic mass is 10.1. The molecule has 0 aliphatic carbocycles. The van der Waals surface area contributed by atoms with Gasteiger partial charge in [0.15, 0.2) is 0 Å². The number of nitrogens with two attached hydrogens (primary N) is 1. The van der Waals surface area contributed by atoms with E-state index in [1.807, 2.05) is 6.92 Å². The van der Waals surface area contributed by atoms with E-state index in [1.54, 1.807) is 13.0 Å². The van der Waals surface area contributed by atoms with Crippen LogP contribution in [0.1, 0.15) is 26.7 Å². The molecule has 1 saturated heterocycles. The Morgan fingerprint density at radius 3 is 2.63 bits per heavy atom. The first kappa shape index (κ1) is 20.8. The zero-order chi connectivity index (χ0) is 20.4. The van der Waals surface area contributed by atoms with E-state index in [1.165, 1.54) is 28.0 Å². The Bertz CT molecular complexity index is 854. The van der Waals surface area contributed by atoms with Crippen molar-refractivity contribution >= 4 is 33.5 Å². The van der Waals surface area contributed by atoms with E-state index >= 15 is 0 Å². The van der Waals surface area contributed by atoms with Gasteiger partial charge in [0.2, 0.25) is 21.8 Å². The van der Waals surface area contributed by atoms with E-state index in [-0.39, 0.29) is 29.8 Å². The van der Waals surface area contributed by atoms with Gasteiger partial charge in [-0.3, -0.25) is 14.4 Å². The lowest BCUT2D eigenvalue weighted by Crippen LogP contribution is -2.45. The second kappa shape index (κ2) is 8.05. The molecule has 2 unspecified atom stereocenters. The molecular formula is C17H23N3O6S. The van der Waals surface area contributed by atoms with Gasteiger partial charge in [-0.05, 0) is 31.5 Å². The highest BCUT2D eigenvalue weighted by atomic mass is 32.2. The Kier molecular flexibility index (Phi) is 6.22. The van der Waals surface area contributed by atoms with Crippen molar-refractivity contribution in [1.29, 1.82) is 0 Å². The fourth-order valence-corrected chi connectivity index (χ4v) is 3.56. The molecule has 1 aromatic rings. The van der Waals surface area contributed by atoms with Gasteiger partial charge < -0.3 is 14.9 Å². The summed E-state index contributed by atoms with van der Waals surface area (Å²) in [6.07, 6.45) is 0.519. The van der Waals surface area contributed by atoms with Gasteiger partial charge in [0.05, 0.1) is 10.8 Å². The monoisotopic (exact) mass is 397 g/mol. The van der Waals surface area contributed by atoms with Crippen LogP contribution in [0.3, 0.4) is 0 Å². The Morgan fingerprint density at radius 1 is 1.41 bits per heavy atom. The molecule has 0 saturated carbocycles. The Hall–Kier alpha value is -2.46. The summed E-state index contributed by atoms with van der Waals surface area (Å²) < 4.78 is 23.0. The number of primary sulfonamides is 1.